The summed E-state index contributed by atoms with van der Waals surface area (Å²) < 4.78 is 7.24. The Balaban J connectivity index is 1.74. The zero-order valence-electron chi connectivity index (χ0n) is 13.0. The number of hydrogen-bond acceptors (Lipinski definition) is 3. The molecule has 0 bridgehead atoms. The van der Waals surface area contributed by atoms with Crippen LogP contribution in [0.1, 0.15) is 12.5 Å². The third-order valence-electron chi connectivity index (χ3n) is 3.74. The molecule has 1 aromatic heterocycles. The maximum absolute atomic E-state index is 5.13. The van der Waals surface area contributed by atoms with Gasteiger partial charge in [0.25, 0.3) is 0 Å². The van der Waals surface area contributed by atoms with E-state index in [4.69, 9.17) is 4.74 Å². The molecule has 0 saturated carbocycles. The van der Waals surface area contributed by atoms with Gasteiger partial charge in [-0.3, -0.25) is 4.57 Å². The Kier molecular flexibility index (Phi) is 4.51. The fraction of sp³-hybridized carbons (Fsp3) is 0.278. The molecule has 22 heavy (non-hydrogen) atoms. The molecule has 3 rings (SSSR count). The summed E-state index contributed by atoms with van der Waals surface area (Å²) in [6.45, 7) is 3.68. The summed E-state index contributed by atoms with van der Waals surface area (Å²) >= 11 is 0. The van der Waals surface area contributed by atoms with Crippen molar-refractivity contribution < 1.29 is 4.74 Å². The summed E-state index contributed by atoms with van der Waals surface area (Å²) in [5.41, 5.74) is 4.53. The Morgan fingerprint density at radius 2 is 1.91 bits per heavy atom. The van der Waals surface area contributed by atoms with Gasteiger partial charge in [-0.05, 0) is 36.8 Å². The second-order valence-corrected chi connectivity index (χ2v) is 5.51. The van der Waals surface area contributed by atoms with Crippen LogP contribution in [0.3, 0.4) is 0 Å². The Bertz CT molecular complexity index is 733. The van der Waals surface area contributed by atoms with Gasteiger partial charge < -0.3 is 10.1 Å². The molecule has 4 heteroatoms. The quantitative estimate of drug-likeness (QED) is 0.759. The first-order valence-electron chi connectivity index (χ1n) is 7.51. The number of imidazole rings is 1. The molecule has 2 aromatic carbocycles. The van der Waals surface area contributed by atoms with Crippen molar-refractivity contribution in [3.8, 4) is 5.69 Å². The van der Waals surface area contributed by atoms with Gasteiger partial charge in [0.1, 0.15) is 6.33 Å². The van der Waals surface area contributed by atoms with Gasteiger partial charge in [0.2, 0.25) is 0 Å². The van der Waals surface area contributed by atoms with Crippen molar-refractivity contribution in [2.24, 2.45) is 0 Å². The van der Waals surface area contributed by atoms with Crippen LogP contribution in [0.15, 0.2) is 54.9 Å². The van der Waals surface area contributed by atoms with E-state index >= 15 is 0 Å². The maximum Gasteiger partial charge on any atom is 0.100 e. The molecule has 1 atom stereocenters. The first-order chi connectivity index (χ1) is 10.8. The van der Waals surface area contributed by atoms with Gasteiger partial charge in [-0.15, -0.1) is 0 Å². The molecule has 0 saturated heterocycles. The summed E-state index contributed by atoms with van der Waals surface area (Å²) in [6.07, 6.45) is 1.87. The van der Waals surface area contributed by atoms with E-state index in [9.17, 15) is 0 Å². The number of methoxy groups -OCH3 is 1. The maximum atomic E-state index is 5.13. The SMILES string of the molecule is COCC(C)NCc1ccc(-n2cnc3ccccc32)cc1. The summed E-state index contributed by atoms with van der Waals surface area (Å²) in [4.78, 5) is 4.43. The summed E-state index contributed by atoms with van der Waals surface area (Å²) in [5.74, 6) is 0. The van der Waals surface area contributed by atoms with Crippen LogP contribution >= 0.6 is 0 Å². The van der Waals surface area contributed by atoms with Gasteiger partial charge in [-0.1, -0.05) is 24.3 Å². The Labute approximate surface area is 130 Å². The van der Waals surface area contributed by atoms with E-state index in [-0.39, 0.29) is 0 Å². The third kappa shape index (κ3) is 3.18. The molecule has 0 aliphatic carbocycles. The molecule has 1 unspecified atom stereocenters. The van der Waals surface area contributed by atoms with Gasteiger partial charge in [0, 0.05) is 25.4 Å². The van der Waals surface area contributed by atoms with E-state index in [1.807, 2.05) is 24.5 Å². The normalized spacial score (nSPS) is 12.6. The minimum Gasteiger partial charge on any atom is -0.383 e. The number of nitrogens with one attached hydrogen (secondary N) is 1. The molecule has 4 nitrogen and oxygen atoms in total. The van der Waals surface area contributed by atoms with E-state index in [1.54, 1.807) is 7.11 Å². The molecule has 3 aromatic rings. The van der Waals surface area contributed by atoms with E-state index < -0.39 is 0 Å². The van der Waals surface area contributed by atoms with Crippen LogP contribution < -0.4 is 5.32 Å². The van der Waals surface area contributed by atoms with Gasteiger partial charge in [0.15, 0.2) is 0 Å². The van der Waals surface area contributed by atoms with Crippen molar-refractivity contribution in [1.82, 2.24) is 14.9 Å². The van der Waals surface area contributed by atoms with Gasteiger partial charge in [-0.25, -0.2) is 4.98 Å². The third-order valence-corrected chi connectivity index (χ3v) is 3.74. The topological polar surface area (TPSA) is 39.1 Å². The number of nitrogens with zero attached hydrogens (tertiary/aromatic N) is 2. The Hall–Kier alpha value is -2.17. The highest BCUT2D eigenvalue weighted by Crippen LogP contribution is 2.18. The molecular weight excluding hydrogens is 274 g/mol. The second kappa shape index (κ2) is 6.73. The highest BCUT2D eigenvalue weighted by molar-refractivity contribution is 5.77. The first kappa shape index (κ1) is 14.8. The molecule has 114 valence electrons. The average molecular weight is 295 g/mol. The van der Waals surface area contributed by atoms with Crippen molar-refractivity contribution in [2.75, 3.05) is 13.7 Å². The van der Waals surface area contributed by atoms with Crippen molar-refractivity contribution in [2.45, 2.75) is 19.5 Å². The minimum atomic E-state index is 0.349. The van der Waals surface area contributed by atoms with Crippen LogP contribution in [0.25, 0.3) is 16.7 Å². The first-order valence-corrected chi connectivity index (χ1v) is 7.51. The molecule has 0 fully saturated rings. The minimum absolute atomic E-state index is 0.349. The number of para-hydroxylation sites is 2. The Morgan fingerprint density at radius 1 is 1.14 bits per heavy atom. The predicted octanol–water partition coefficient (Wildman–Crippen LogP) is 3.15. The predicted molar refractivity (Wildman–Crippen MR) is 89.2 cm³/mol. The number of aromatic nitrogens is 2. The molecule has 0 amide bonds. The number of benzene rings is 2. The lowest BCUT2D eigenvalue weighted by Gasteiger charge is -2.13. The van der Waals surface area contributed by atoms with Gasteiger partial charge in [0.05, 0.1) is 17.6 Å². The number of rotatable bonds is 6. The fourth-order valence-electron chi connectivity index (χ4n) is 2.54. The molecule has 1 heterocycles. The fourth-order valence-corrected chi connectivity index (χ4v) is 2.54. The lowest BCUT2D eigenvalue weighted by atomic mass is 10.2. The van der Waals surface area contributed by atoms with E-state index in [0.717, 1.165) is 29.9 Å². The van der Waals surface area contributed by atoms with Crippen molar-refractivity contribution in [3.63, 3.8) is 0 Å². The largest absolute Gasteiger partial charge is 0.383 e. The van der Waals surface area contributed by atoms with Crippen LogP contribution in [0.4, 0.5) is 0 Å². The van der Waals surface area contributed by atoms with Crippen LogP contribution in [-0.2, 0) is 11.3 Å². The Morgan fingerprint density at radius 3 is 2.68 bits per heavy atom. The molecule has 0 spiro atoms. The standard InChI is InChI=1S/C18H21N3O/c1-14(12-22-2)19-11-15-7-9-16(10-8-15)21-13-20-17-5-3-4-6-18(17)21/h3-10,13-14,19H,11-12H2,1-2H3. The monoisotopic (exact) mass is 295 g/mol. The summed E-state index contributed by atoms with van der Waals surface area (Å²) in [7, 11) is 1.72. The second-order valence-electron chi connectivity index (χ2n) is 5.51. The van der Waals surface area contributed by atoms with Gasteiger partial charge >= 0.3 is 0 Å². The highest BCUT2D eigenvalue weighted by Gasteiger charge is 2.04. The van der Waals surface area contributed by atoms with E-state index in [0.29, 0.717) is 6.04 Å². The van der Waals surface area contributed by atoms with Crippen molar-refractivity contribution in [3.05, 3.63) is 60.4 Å². The van der Waals surface area contributed by atoms with Crippen molar-refractivity contribution >= 4 is 11.0 Å². The molecule has 0 aliphatic rings. The molecular formula is C18H21N3O. The smallest absolute Gasteiger partial charge is 0.100 e. The van der Waals surface area contributed by atoms with Crippen molar-refractivity contribution in [1.29, 1.82) is 0 Å². The number of ether oxygens (including phenoxy) is 1. The van der Waals surface area contributed by atoms with Crippen LogP contribution in [0, 0.1) is 0 Å². The lowest BCUT2D eigenvalue weighted by molar-refractivity contribution is 0.171. The zero-order chi connectivity index (χ0) is 15.4. The molecule has 0 aliphatic heterocycles. The molecule has 1 N–H and O–H groups in total. The average Bonchev–Trinajstić information content (AvgIpc) is 2.98. The highest BCUT2D eigenvalue weighted by atomic mass is 16.5. The van der Waals surface area contributed by atoms with Crippen LogP contribution in [0.2, 0.25) is 0 Å². The summed E-state index contributed by atoms with van der Waals surface area (Å²) in [6, 6.07) is 17.1. The van der Waals surface area contributed by atoms with E-state index in [2.05, 4.69) is 52.1 Å². The molecule has 0 radical (unpaired) electrons. The number of fused-ring (bicyclic) bond motifs is 1. The van der Waals surface area contributed by atoms with Gasteiger partial charge in [-0.2, -0.15) is 0 Å². The van der Waals surface area contributed by atoms with E-state index in [1.165, 1.54) is 5.56 Å². The van der Waals surface area contributed by atoms with Crippen LogP contribution in [0.5, 0.6) is 0 Å². The summed E-state index contributed by atoms with van der Waals surface area (Å²) in [5, 5.41) is 3.44. The number of hydrogen-bond donors (Lipinski definition) is 1. The lowest BCUT2D eigenvalue weighted by Crippen LogP contribution is -2.29. The zero-order valence-corrected chi connectivity index (χ0v) is 13.0. The van der Waals surface area contributed by atoms with Crippen LogP contribution in [-0.4, -0.2) is 29.3 Å².